The molecule has 1 aromatic carbocycles. The molecular formula is C16H26. The number of hydrogen-bond acceptors (Lipinski definition) is 0. The lowest BCUT2D eigenvalue weighted by Gasteiger charge is -2.02. The summed E-state index contributed by atoms with van der Waals surface area (Å²) in [4.78, 5) is 0. The van der Waals surface area contributed by atoms with Gasteiger partial charge in [-0.05, 0) is 18.4 Å². The highest BCUT2D eigenvalue weighted by Crippen LogP contribution is 2.07. The maximum absolute atomic E-state index is 3.66. The Labute approximate surface area is 101 Å². The van der Waals surface area contributed by atoms with Crippen LogP contribution in [-0.4, -0.2) is 0 Å². The van der Waals surface area contributed by atoms with E-state index in [1.54, 1.807) is 0 Å². The van der Waals surface area contributed by atoms with Gasteiger partial charge in [-0.3, -0.25) is 0 Å². The van der Waals surface area contributed by atoms with Crippen LogP contribution in [-0.2, 0) is 0 Å². The van der Waals surface area contributed by atoms with E-state index in [4.69, 9.17) is 0 Å². The molecule has 0 fully saturated rings. The molecule has 0 spiro atoms. The maximum Gasteiger partial charge on any atom is -0.0262 e. The summed E-state index contributed by atoms with van der Waals surface area (Å²) in [7, 11) is 0. The molecule has 0 bridgehead atoms. The lowest BCUT2D eigenvalue weighted by Crippen LogP contribution is -1.88. The smallest absolute Gasteiger partial charge is 0.0262 e. The van der Waals surface area contributed by atoms with Gasteiger partial charge in [0, 0.05) is 0 Å². The number of aryl methyl sites for hydroxylation is 1. The van der Waals surface area contributed by atoms with Gasteiger partial charge >= 0.3 is 0 Å². The van der Waals surface area contributed by atoms with Crippen molar-refractivity contribution >= 4 is 6.08 Å². The van der Waals surface area contributed by atoms with Gasteiger partial charge in [0.25, 0.3) is 0 Å². The number of rotatable bonds is 4. The van der Waals surface area contributed by atoms with Crippen LogP contribution < -0.4 is 0 Å². The van der Waals surface area contributed by atoms with Crippen LogP contribution in [0.3, 0.4) is 0 Å². The van der Waals surface area contributed by atoms with Crippen LogP contribution in [0.5, 0.6) is 0 Å². The summed E-state index contributed by atoms with van der Waals surface area (Å²) in [6.45, 7) is 12.5. The molecule has 0 aliphatic rings. The highest BCUT2D eigenvalue weighted by molar-refractivity contribution is 5.46. The number of hydrogen-bond donors (Lipinski definition) is 0. The second-order valence-corrected chi connectivity index (χ2v) is 4.42. The van der Waals surface area contributed by atoms with Crippen molar-refractivity contribution in [1.82, 2.24) is 0 Å². The Bertz CT molecular complexity index is 269. The topological polar surface area (TPSA) is 0 Å². The van der Waals surface area contributed by atoms with E-state index in [0.717, 1.165) is 5.92 Å². The molecule has 1 unspecified atom stereocenters. The quantitative estimate of drug-likeness (QED) is 0.628. The summed E-state index contributed by atoms with van der Waals surface area (Å²) in [5, 5.41) is 0. The molecule has 1 aromatic rings. The fourth-order valence-corrected chi connectivity index (χ4v) is 1.40. The van der Waals surface area contributed by atoms with Crippen LogP contribution in [0.25, 0.3) is 6.08 Å². The van der Waals surface area contributed by atoms with Crippen molar-refractivity contribution in [2.75, 3.05) is 0 Å². The third-order valence-electron chi connectivity index (χ3n) is 2.79. The molecule has 0 heterocycles. The molecule has 0 aromatic heterocycles. The first kappa shape index (κ1) is 15.0. The molecule has 0 nitrogen and oxygen atoms in total. The Morgan fingerprint density at radius 1 is 1.19 bits per heavy atom. The third-order valence-corrected chi connectivity index (χ3v) is 2.79. The minimum Gasteiger partial charge on any atom is -0.0985 e. The van der Waals surface area contributed by atoms with Gasteiger partial charge in [0.15, 0.2) is 0 Å². The second kappa shape index (κ2) is 9.21. The first-order valence-electron chi connectivity index (χ1n) is 6.33. The highest BCUT2D eigenvalue weighted by Gasteiger charge is 1.92. The van der Waals surface area contributed by atoms with Crippen molar-refractivity contribution in [3.05, 3.63) is 42.0 Å². The van der Waals surface area contributed by atoms with Crippen molar-refractivity contribution in [2.45, 2.75) is 47.0 Å². The summed E-state index contributed by atoms with van der Waals surface area (Å²) in [5.41, 5.74) is 2.47. The third kappa shape index (κ3) is 7.28. The molecule has 0 saturated carbocycles. The minimum atomic E-state index is 0.949. The van der Waals surface area contributed by atoms with E-state index < -0.39 is 0 Å². The van der Waals surface area contributed by atoms with Gasteiger partial charge in [-0.15, -0.1) is 0 Å². The van der Waals surface area contributed by atoms with E-state index in [0.29, 0.717) is 0 Å². The van der Waals surface area contributed by atoms with Gasteiger partial charge in [0.1, 0.15) is 0 Å². The lowest BCUT2D eigenvalue weighted by atomic mass is 10.0. The summed E-state index contributed by atoms with van der Waals surface area (Å²) in [6, 6.07) is 8.28. The van der Waals surface area contributed by atoms with Gasteiger partial charge in [-0.25, -0.2) is 0 Å². The zero-order chi connectivity index (χ0) is 12.4. The normalized spacial score (nSPS) is 11.2. The van der Waals surface area contributed by atoms with E-state index in [1.807, 2.05) is 6.08 Å². The lowest BCUT2D eigenvalue weighted by molar-refractivity contribution is 0.509. The molecule has 0 radical (unpaired) electrons. The average molecular weight is 218 g/mol. The molecule has 16 heavy (non-hydrogen) atoms. The molecule has 90 valence electrons. The van der Waals surface area contributed by atoms with E-state index >= 15 is 0 Å². The average Bonchev–Trinajstić information content (AvgIpc) is 2.31. The fraction of sp³-hybridized carbons (Fsp3) is 0.500. The Morgan fingerprint density at radius 3 is 2.06 bits per heavy atom. The Hall–Kier alpha value is -1.04. The minimum absolute atomic E-state index is 0.949. The monoisotopic (exact) mass is 218 g/mol. The first-order chi connectivity index (χ1) is 7.63. The van der Waals surface area contributed by atoms with Crippen LogP contribution in [0.15, 0.2) is 30.8 Å². The Kier molecular flexibility index (Phi) is 8.61. The first-order valence-corrected chi connectivity index (χ1v) is 6.33. The predicted octanol–water partition coefficient (Wildman–Crippen LogP) is 5.47. The molecule has 0 N–H and O–H groups in total. The van der Waals surface area contributed by atoms with Crippen molar-refractivity contribution in [3.63, 3.8) is 0 Å². The maximum atomic E-state index is 3.66. The SMILES string of the molecule is C=Cc1ccc(C)cc1.CCCC(C)CC. The zero-order valence-corrected chi connectivity index (χ0v) is 11.3. The predicted molar refractivity (Wildman–Crippen MR) is 75.6 cm³/mol. The van der Waals surface area contributed by atoms with Crippen molar-refractivity contribution in [3.8, 4) is 0 Å². The fourth-order valence-electron chi connectivity index (χ4n) is 1.40. The summed E-state index contributed by atoms with van der Waals surface area (Å²) in [6.07, 6.45) is 5.93. The van der Waals surface area contributed by atoms with E-state index in [9.17, 15) is 0 Å². The molecule has 1 atom stereocenters. The van der Waals surface area contributed by atoms with Crippen molar-refractivity contribution in [2.24, 2.45) is 5.92 Å². The molecule has 0 amide bonds. The van der Waals surface area contributed by atoms with E-state index in [2.05, 4.69) is 58.5 Å². The van der Waals surface area contributed by atoms with Crippen LogP contribution in [0.4, 0.5) is 0 Å². The summed E-state index contributed by atoms with van der Waals surface area (Å²) >= 11 is 0. The highest BCUT2D eigenvalue weighted by atomic mass is 14.0. The van der Waals surface area contributed by atoms with Gasteiger partial charge in [-0.1, -0.05) is 82.5 Å². The molecule has 0 aliphatic heterocycles. The van der Waals surface area contributed by atoms with Crippen LogP contribution in [0.2, 0.25) is 0 Å². The zero-order valence-electron chi connectivity index (χ0n) is 11.3. The Morgan fingerprint density at radius 2 is 1.75 bits per heavy atom. The number of benzene rings is 1. The summed E-state index contributed by atoms with van der Waals surface area (Å²) in [5.74, 6) is 0.949. The van der Waals surface area contributed by atoms with Gasteiger partial charge in [-0.2, -0.15) is 0 Å². The van der Waals surface area contributed by atoms with Crippen LogP contribution in [0, 0.1) is 12.8 Å². The van der Waals surface area contributed by atoms with Crippen LogP contribution >= 0.6 is 0 Å². The molecule has 0 aliphatic carbocycles. The molecule has 0 heteroatoms. The molecule has 0 saturated heterocycles. The largest absolute Gasteiger partial charge is 0.0985 e. The van der Waals surface area contributed by atoms with E-state index in [1.165, 1.54) is 30.4 Å². The molecular weight excluding hydrogens is 192 g/mol. The van der Waals surface area contributed by atoms with Crippen molar-refractivity contribution in [1.29, 1.82) is 0 Å². The van der Waals surface area contributed by atoms with Gasteiger partial charge < -0.3 is 0 Å². The second-order valence-electron chi connectivity index (χ2n) is 4.42. The van der Waals surface area contributed by atoms with Crippen LogP contribution in [0.1, 0.15) is 51.2 Å². The standard InChI is InChI=1S/C9H10.C7H16/c1-3-9-6-4-8(2)5-7-9;1-4-6-7(3)5-2/h3-7H,1H2,2H3;7H,4-6H2,1-3H3. The van der Waals surface area contributed by atoms with E-state index in [-0.39, 0.29) is 0 Å². The Balaban J connectivity index is 0.000000293. The van der Waals surface area contributed by atoms with Crippen molar-refractivity contribution < 1.29 is 0 Å². The molecule has 1 rings (SSSR count). The van der Waals surface area contributed by atoms with Gasteiger partial charge in [0.05, 0.1) is 0 Å². The van der Waals surface area contributed by atoms with Gasteiger partial charge in [0.2, 0.25) is 0 Å². The summed E-state index contributed by atoms with van der Waals surface area (Å²) < 4.78 is 0.